The summed E-state index contributed by atoms with van der Waals surface area (Å²) in [7, 11) is 0. The molecule has 0 aromatic heterocycles. The third-order valence-corrected chi connectivity index (χ3v) is 16.8. The van der Waals surface area contributed by atoms with Gasteiger partial charge in [0.2, 0.25) is 0 Å². The molecule has 6 aliphatic rings. The summed E-state index contributed by atoms with van der Waals surface area (Å²) in [5.41, 5.74) is 24.5. The maximum absolute atomic E-state index is 7.56. The molecular weight excluding hydrogens is 953 g/mol. The van der Waals surface area contributed by atoms with Gasteiger partial charge in [0.05, 0.1) is 0 Å². The molecule has 6 heterocycles. The summed E-state index contributed by atoms with van der Waals surface area (Å²) >= 11 is 0. The summed E-state index contributed by atoms with van der Waals surface area (Å²) in [5, 5.41) is 3.80. The van der Waals surface area contributed by atoms with Crippen LogP contribution >= 0.6 is 0 Å². The van der Waals surface area contributed by atoms with Crippen LogP contribution in [0.15, 0.2) is 231 Å². The van der Waals surface area contributed by atoms with E-state index in [1.807, 2.05) is 0 Å². The summed E-state index contributed by atoms with van der Waals surface area (Å²) in [5.74, 6) is 5.20. The second-order valence-corrected chi connectivity index (χ2v) is 21.4. The summed E-state index contributed by atoms with van der Waals surface area (Å²) in [6.07, 6.45) is 0. The number of nitrogens with one attached hydrogen (secondary N) is 1. The molecule has 11 aromatic carbocycles. The molecule has 17 rings (SSSR count). The zero-order valence-electron chi connectivity index (χ0n) is 42.7. The van der Waals surface area contributed by atoms with E-state index in [9.17, 15) is 0 Å². The normalized spacial score (nSPS) is 13.9. The van der Waals surface area contributed by atoms with Crippen molar-refractivity contribution in [3.8, 4) is 34.5 Å². The van der Waals surface area contributed by atoms with Crippen LogP contribution < -0.4 is 83.4 Å². The van der Waals surface area contributed by atoms with Crippen molar-refractivity contribution in [3.05, 3.63) is 242 Å². The van der Waals surface area contributed by atoms with Gasteiger partial charge in [-0.3, -0.25) is 0 Å². The van der Waals surface area contributed by atoms with E-state index >= 15 is 0 Å². The summed E-state index contributed by atoms with van der Waals surface area (Å²) < 4.78 is 21.4. The predicted octanol–water partition coefficient (Wildman–Crippen LogP) is 11.3. The molecule has 0 saturated carbocycles. The molecule has 0 saturated heterocycles. The van der Waals surface area contributed by atoms with Gasteiger partial charge in [-0.15, -0.1) is 0 Å². The van der Waals surface area contributed by atoms with Crippen molar-refractivity contribution in [2.45, 2.75) is 13.8 Å². The van der Waals surface area contributed by atoms with Gasteiger partial charge in [-0.2, -0.15) is 0 Å². The molecule has 364 valence electrons. The fraction of sp³-hybridized carbons (Fsp3) is 0.0294. The Morgan fingerprint density at radius 1 is 0.282 bits per heavy atom. The molecule has 0 aliphatic carbocycles. The molecule has 78 heavy (non-hydrogen) atoms. The smallest absolute Gasteiger partial charge is 0.256 e. The van der Waals surface area contributed by atoms with Gasteiger partial charge >= 0.3 is 0 Å². The minimum absolute atomic E-state index is 0.108. The molecule has 0 atom stereocenters. The van der Waals surface area contributed by atoms with Crippen molar-refractivity contribution in [1.29, 1.82) is 0 Å². The first kappa shape index (κ1) is 43.5. The van der Waals surface area contributed by atoms with Crippen LogP contribution in [0.1, 0.15) is 11.1 Å². The maximum atomic E-state index is 7.56. The van der Waals surface area contributed by atoms with Crippen molar-refractivity contribution < 1.29 is 14.2 Å². The van der Waals surface area contributed by atoms with Gasteiger partial charge in [0.1, 0.15) is 34.5 Å². The largest absolute Gasteiger partial charge is 0.458 e. The van der Waals surface area contributed by atoms with Crippen LogP contribution in [0.25, 0.3) is 0 Å². The molecule has 11 aromatic rings. The molecule has 0 spiro atoms. The Morgan fingerprint density at radius 2 is 0.667 bits per heavy atom. The Bertz CT molecular complexity index is 4350. The Balaban J connectivity index is 0.983. The van der Waals surface area contributed by atoms with Gasteiger partial charge in [0.25, 0.3) is 20.1 Å². The molecule has 7 nitrogen and oxygen atoms in total. The first-order valence-corrected chi connectivity index (χ1v) is 26.9. The molecule has 6 aliphatic heterocycles. The third kappa shape index (κ3) is 6.25. The summed E-state index contributed by atoms with van der Waals surface area (Å²) in [6, 6.07) is 83.5. The summed E-state index contributed by atoms with van der Waals surface area (Å²) in [4.78, 5) is 7.37. The zero-order valence-corrected chi connectivity index (χ0v) is 42.7. The van der Waals surface area contributed by atoms with Crippen molar-refractivity contribution in [2.75, 3.05) is 20.0 Å². The topological polar surface area (TPSA) is 49.4 Å². The highest BCUT2D eigenvalue weighted by Gasteiger charge is 2.49. The van der Waals surface area contributed by atoms with Crippen LogP contribution in [0.2, 0.25) is 0 Å². The van der Waals surface area contributed by atoms with E-state index < -0.39 is 0 Å². The lowest BCUT2D eigenvalue weighted by Gasteiger charge is -2.45. The average molecular weight is 999 g/mol. The predicted molar refractivity (Wildman–Crippen MR) is 323 cm³/mol. The van der Waals surface area contributed by atoms with Crippen molar-refractivity contribution in [2.24, 2.45) is 0 Å². The van der Waals surface area contributed by atoms with E-state index in [4.69, 9.17) is 14.2 Å². The lowest BCUT2D eigenvalue weighted by Crippen LogP contribution is -2.65. The first-order chi connectivity index (χ1) is 38.5. The lowest BCUT2D eigenvalue weighted by atomic mass is 9.29. The standard InChI is InChI=1S/C68H45B3N4O3/c1-41-31-57-66-63(33-41)76-60-29-17-15-27-48(60)69(66)50-37-51-55(39-54(50)73(57)45-21-9-4-10-22-45)74(46-23-11-5-12-24-46)59-35-44(72-43-19-7-3-8-20-43)36-65-68(59)71(51)53-38-52-56(40-62(53)78-65)75(47-25-13-6-14-26-47)58-32-42(2)34-64-67(58)70(52)49-28-16-18-30-61(49)77-64/h3-40,72H,1-2H3. The molecule has 0 radical (unpaired) electrons. The maximum Gasteiger partial charge on any atom is 0.256 e. The van der Waals surface area contributed by atoms with Gasteiger partial charge in [-0.25, -0.2) is 0 Å². The molecule has 1 N–H and O–H groups in total. The van der Waals surface area contributed by atoms with E-state index in [0.29, 0.717) is 0 Å². The van der Waals surface area contributed by atoms with Crippen molar-refractivity contribution >= 4 is 132 Å². The first-order valence-electron chi connectivity index (χ1n) is 26.9. The average Bonchev–Trinajstić information content (AvgIpc) is 3.63. The number of anilines is 11. The zero-order chi connectivity index (χ0) is 51.3. The highest BCUT2D eigenvalue weighted by molar-refractivity contribution is 7.03. The number of rotatable bonds is 5. The highest BCUT2D eigenvalue weighted by atomic mass is 16.5. The number of hydrogen-bond acceptors (Lipinski definition) is 7. The summed E-state index contributed by atoms with van der Waals surface area (Å²) in [6.45, 7) is 3.88. The number of fused-ring (bicyclic) bond motifs is 12. The molecule has 0 unspecified atom stereocenters. The second kappa shape index (κ2) is 16.4. The molecular formula is C68H45B3N4O3. The van der Waals surface area contributed by atoms with E-state index in [2.05, 4.69) is 264 Å². The van der Waals surface area contributed by atoms with E-state index in [1.54, 1.807) is 0 Å². The van der Waals surface area contributed by atoms with Gasteiger partial charge in [0.15, 0.2) is 0 Å². The van der Waals surface area contributed by atoms with Crippen LogP contribution in [0.4, 0.5) is 62.6 Å². The lowest BCUT2D eigenvalue weighted by molar-refractivity contribution is 0.486. The van der Waals surface area contributed by atoms with Gasteiger partial charge in [0, 0.05) is 74.7 Å². The Kier molecular flexibility index (Phi) is 9.11. The minimum Gasteiger partial charge on any atom is -0.458 e. The number of nitrogens with zero attached hydrogens (tertiary/aromatic N) is 3. The SMILES string of the molecule is Cc1cc2c3c(c1)N(c1ccccc1)c1cc4c(cc1B3c1ccccc1O2)B1c2cc3c(cc2N(c2ccccc2)c2cc(Nc5ccccc5)cc(c21)O4)N(c1ccccc1)c1cc(C)cc2c1B3c1ccccc1O2. The number of aryl methyl sites for hydroxylation is 2. The number of benzene rings is 11. The van der Waals surface area contributed by atoms with Crippen LogP contribution in [0, 0.1) is 13.8 Å². The fourth-order valence-electron chi connectivity index (χ4n) is 13.7. The molecule has 10 heteroatoms. The van der Waals surface area contributed by atoms with Crippen LogP contribution in [-0.2, 0) is 0 Å². The molecule has 0 amide bonds. The van der Waals surface area contributed by atoms with Gasteiger partial charge < -0.3 is 34.2 Å². The number of ether oxygens (including phenoxy) is 3. The van der Waals surface area contributed by atoms with E-state index in [1.165, 1.54) is 27.3 Å². The van der Waals surface area contributed by atoms with Gasteiger partial charge in [-0.1, -0.05) is 121 Å². The monoisotopic (exact) mass is 998 g/mol. The van der Waals surface area contributed by atoms with Crippen molar-refractivity contribution in [3.63, 3.8) is 0 Å². The highest BCUT2D eigenvalue weighted by Crippen LogP contribution is 2.49. The molecule has 0 fully saturated rings. The third-order valence-electron chi connectivity index (χ3n) is 16.8. The second-order valence-electron chi connectivity index (χ2n) is 21.4. The van der Waals surface area contributed by atoms with Crippen LogP contribution in [0.5, 0.6) is 34.5 Å². The number of para-hydroxylation sites is 6. The molecule has 0 bridgehead atoms. The Hall–Kier alpha value is -9.79. The number of hydrogen-bond donors (Lipinski definition) is 1. The van der Waals surface area contributed by atoms with Crippen LogP contribution in [-0.4, -0.2) is 20.1 Å². The van der Waals surface area contributed by atoms with E-state index in [-0.39, 0.29) is 20.1 Å². The quantitative estimate of drug-likeness (QED) is 0.172. The van der Waals surface area contributed by atoms with Gasteiger partial charge in [-0.05, 0) is 171 Å². The Labute approximate surface area is 453 Å². The fourth-order valence-corrected chi connectivity index (χ4v) is 13.7. The Morgan fingerprint density at radius 3 is 1.17 bits per heavy atom. The van der Waals surface area contributed by atoms with Crippen LogP contribution in [0.3, 0.4) is 0 Å². The van der Waals surface area contributed by atoms with Crippen molar-refractivity contribution in [1.82, 2.24) is 0 Å². The minimum atomic E-state index is -0.242. The van der Waals surface area contributed by atoms with E-state index in [0.717, 1.165) is 130 Å².